The number of nitrogens with one attached hydrogen (secondary N) is 1. The summed E-state index contributed by atoms with van der Waals surface area (Å²) in [5.41, 5.74) is -0.707. The third-order valence-electron chi connectivity index (χ3n) is 3.69. The molecule has 1 heterocycles. The molecule has 20 heavy (non-hydrogen) atoms. The maximum absolute atomic E-state index is 12.6. The summed E-state index contributed by atoms with van der Waals surface area (Å²) in [5.74, 6) is -0.191. The normalized spacial score (nSPS) is 20.8. The quantitative estimate of drug-likeness (QED) is 0.900. The molecule has 1 fully saturated rings. The molecule has 1 aliphatic heterocycles. The molecule has 0 atom stereocenters. The van der Waals surface area contributed by atoms with Gasteiger partial charge in [-0.05, 0) is 45.4 Å². The van der Waals surface area contributed by atoms with Crippen LogP contribution in [0.15, 0.2) is 28.7 Å². The maximum Gasteiger partial charge on any atom is 0.248 e. The molecule has 0 aliphatic carbocycles. The molecule has 0 saturated carbocycles. The molecular formula is C15H19BrN2O2. The first kappa shape index (κ1) is 15.0. The Labute approximate surface area is 127 Å². The molecule has 1 N–H and O–H groups in total. The van der Waals surface area contributed by atoms with E-state index in [2.05, 4.69) is 21.2 Å². The highest BCUT2D eigenvalue weighted by Gasteiger charge is 2.49. The van der Waals surface area contributed by atoms with Crippen molar-refractivity contribution in [3.63, 3.8) is 0 Å². The first-order valence-electron chi connectivity index (χ1n) is 6.54. The van der Waals surface area contributed by atoms with Gasteiger partial charge in [0.25, 0.3) is 0 Å². The highest BCUT2D eigenvalue weighted by Crippen LogP contribution is 2.28. The highest BCUT2D eigenvalue weighted by atomic mass is 79.9. The lowest BCUT2D eigenvalue weighted by atomic mass is 9.89. The van der Waals surface area contributed by atoms with Gasteiger partial charge in [0.1, 0.15) is 11.1 Å². The Morgan fingerprint density at radius 1 is 1.10 bits per heavy atom. The summed E-state index contributed by atoms with van der Waals surface area (Å²) in [5, 5.41) is 2.78. The number of nitrogens with zero attached hydrogens (tertiary/aromatic N) is 1. The molecule has 0 spiro atoms. The van der Waals surface area contributed by atoms with Crippen LogP contribution in [0.25, 0.3) is 0 Å². The van der Waals surface area contributed by atoms with Crippen molar-refractivity contribution >= 4 is 27.7 Å². The van der Waals surface area contributed by atoms with Crippen molar-refractivity contribution < 1.29 is 9.59 Å². The van der Waals surface area contributed by atoms with Crippen molar-refractivity contribution in [3.05, 3.63) is 34.3 Å². The van der Waals surface area contributed by atoms with Gasteiger partial charge in [-0.3, -0.25) is 9.59 Å². The van der Waals surface area contributed by atoms with E-state index in [9.17, 15) is 9.59 Å². The van der Waals surface area contributed by atoms with Crippen LogP contribution in [-0.2, 0) is 16.1 Å². The SMILES string of the molecule is CC1(C)NC(=O)C(C)(C)N(Cc2ccc(Br)cc2)C1=O. The van der Waals surface area contributed by atoms with Gasteiger partial charge in [0.05, 0.1) is 0 Å². The van der Waals surface area contributed by atoms with Crippen LogP contribution in [0.3, 0.4) is 0 Å². The van der Waals surface area contributed by atoms with Gasteiger partial charge < -0.3 is 10.2 Å². The minimum Gasteiger partial charge on any atom is -0.340 e. The molecule has 1 aromatic carbocycles. The van der Waals surface area contributed by atoms with Crippen LogP contribution in [0.5, 0.6) is 0 Å². The second-order valence-electron chi connectivity index (χ2n) is 6.16. The van der Waals surface area contributed by atoms with Crippen LogP contribution < -0.4 is 5.32 Å². The van der Waals surface area contributed by atoms with Crippen molar-refractivity contribution in [3.8, 4) is 0 Å². The van der Waals surface area contributed by atoms with E-state index in [-0.39, 0.29) is 11.8 Å². The predicted octanol–water partition coefficient (Wildman–Crippen LogP) is 2.46. The van der Waals surface area contributed by atoms with Gasteiger partial charge in [0.2, 0.25) is 11.8 Å². The Kier molecular flexibility index (Phi) is 3.67. The average molecular weight is 339 g/mol. The fraction of sp³-hybridized carbons (Fsp3) is 0.467. The van der Waals surface area contributed by atoms with E-state index in [1.54, 1.807) is 32.6 Å². The molecule has 1 aromatic rings. The van der Waals surface area contributed by atoms with Crippen LogP contribution >= 0.6 is 15.9 Å². The summed E-state index contributed by atoms with van der Waals surface area (Å²) in [4.78, 5) is 26.4. The molecule has 1 saturated heterocycles. The summed E-state index contributed by atoms with van der Waals surface area (Å²) in [6.07, 6.45) is 0. The van der Waals surface area contributed by atoms with Crippen molar-refractivity contribution in [1.82, 2.24) is 10.2 Å². The second-order valence-corrected chi connectivity index (χ2v) is 7.07. The minimum absolute atomic E-state index is 0.0648. The topological polar surface area (TPSA) is 49.4 Å². The Morgan fingerprint density at radius 2 is 1.65 bits per heavy atom. The number of rotatable bonds is 2. The number of carbonyl (C=O) groups is 2. The first-order chi connectivity index (χ1) is 9.14. The van der Waals surface area contributed by atoms with E-state index in [0.717, 1.165) is 10.0 Å². The summed E-state index contributed by atoms with van der Waals surface area (Å²) in [7, 11) is 0. The molecule has 108 valence electrons. The molecule has 0 unspecified atom stereocenters. The number of hydrogen-bond acceptors (Lipinski definition) is 2. The van der Waals surface area contributed by atoms with Gasteiger partial charge in [-0.25, -0.2) is 0 Å². The standard InChI is InChI=1S/C15H19BrN2O2/c1-14(2)13(20)18(15(3,4)12(19)17-14)9-10-5-7-11(16)8-6-10/h5-8H,9H2,1-4H3,(H,17,19). The fourth-order valence-corrected chi connectivity index (χ4v) is 2.51. The molecule has 0 bridgehead atoms. The average Bonchev–Trinajstić information content (AvgIpc) is 2.35. The van der Waals surface area contributed by atoms with Gasteiger partial charge in [0.15, 0.2) is 0 Å². The van der Waals surface area contributed by atoms with E-state index in [4.69, 9.17) is 0 Å². The maximum atomic E-state index is 12.6. The van der Waals surface area contributed by atoms with Gasteiger partial charge in [0, 0.05) is 11.0 Å². The van der Waals surface area contributed by atoms with Gasteiger partial charge in [-0.2, -0.15) is 0 Å². The third-order valence-corrected chi connectivity index (χ3v) is 4.22. The van der Waals surface area contributed by atoms with E-state index in [1.807, 2.05) is 24.3 Å². The predicted molar refractivity (Wildman–Crippen MR) is 81.0 cm³/mol. The summed E-state index contributed by atoms with van der Waals surface area (Å²) >= 11 is 3.39. The van der Waals surface area contributed by atoms with Crippen LogP contribution in [0, 0.1) is 0 Å². The lowest BCUT2D eigenvalue weighted by molar-refractivity contribution is -0.160. The lowest BCUT2D eigenvalue weighted by Gasteiger charge is -2.47. The summed E-state index contributed by atoms with van der Waals surface area (Å²) in [6.45, 7) is 7.44. The number of piperazine rings is 1. The Hall–Kier alpha value is -1.36. The number of hydrogen-bond donors (Lipinski definition) is 1. The van der Waals surface area contributed by atoms with Crippen molar-refractivity contribution in [2.75, 3.05) is 0 Å². The largest absolute Gasteiger partial charge is 0.340 e. The number of amides is 2. The summed E-state index contributed by atoms with van der Waals surface area (Å²) < 4.78 is 0.989. The fourth-order valence-electron chi connectivity index (χ4n) is 2.25. The van der Waals surface area contributed by atoms with E-state index in [1.165, 1.54) is 0 Å². The van der Waals surface area contributed by atoms with Crippen molar-refractivity contribution in [2.24, 2.45) is 0 Å². The zero-order valence-corrected chi connectivity index (χ0v) is 13.7. The van der Waals surface area contributed by atoms with Gasteiger partial charge >= 0.3 is 0 Å². The second kappa shape index (κ2) is 4.88. The van der Waals surface area contributed by atoms with Crippen LogP contribution in [-0.4, -0.2) is 27.8 Å². The van der Waals surface area contributed by atoms with Crippen molar-refractivity contribution in [1.29, 1.82) is 0 Å². The summed E-state index contributed by atoms with van der Waals surface area (Å²) in [6, 6.07) is 7.77. The smallest absolute Gasteiger partial charge is 0.248 e. The lowest BCUT2D eigenvalue weighted by Crippen LogP contribution is -2.71. The Morgan fingerprint density at radius 3 is 2.20 bits per heavy atom. The van der Waals surface area contributed by atoms with Crippen LogP contribution in [0.1, 0.15) is 33.3 Å². The monoisotopic (exact) mass is 338 g/mol. The molecule has 0 aromatic heterocycles. The Bertz CT molecular complexity index is 549. The van der Waals surface area contributed by atoms with E-state index in [0.29, 0.717) is 6.54 Å². The van der Waals surface area contributed by atoms with Crippen LogP contribution in [0.4, 0.5) is 0 Å². The zero-order valence-electron chi connectivity index (χ0n) is 12.2. The third kappa shape index (κ3) is 2.59. The molecule has 1 aliphatic rings. The highest BCUT2D eigenvalue weighted by molar-refractivity contribution is 9.10. The zero-order chi connectivity index (χ0) is 15.1. The first-order valence-corrected chi connectivity index (χ1v) is 7.33. The molecular weight excluding hydrogens is 320 g/mol. The van der Waals surface area contributed by atoms with E-state index < -0.39 is 11.1 Å². The molecule has 4 nitrogen and oxygen atoms in total. The minimum atomic E-state index is -0.859. The molecule has 2 rings (SSSR count). The van der Waals surface area contributed by atoms with Gasteiger partial charge in [-0.15, -0.1) is 0 Å². The molecule has 0 radical (unpaired) electrons. The van der Waals surface area contributed by atoms with Gasteiger partial charge in [-0.1, -0.05) is 28.1 Å². The molecule has 2 amide bonds. The number of halogens is 1. The number of benzene rings is 1. The Balaban J connectivity index is 2.33. The van der Waals surface area contributed by atoms with Crippen molar-refractivity contribution in [2.45, 2.75) is 45.3 Å². The van der Waals surface area contributed by atoms with Crippen LogP contribution in [0.2, 0.25) is 0 Å². The number of carbonyl (C=O) groups excluding carboxylic acids is 2. The van der Waals surface area contributed by atoms with E-state index >= 15 is 0 Å². The molecule has 5 heteroatoms.